The van der Waals surface area contributed by atoms with Gasteiger partial charge in [0.05, 0.1) is 18.5 Å². The zero-order valence-corrected chi connectivity index (χ0v) is 16.1. The van der Waals surface area contributed by atoms with E-state index in [-0.39, 0.29) is 5.91 Å². The Hall–Kier alpha value is -3.12. The first-order valence-corrected chi connectivity index (χ1v) is 9.12. The van der Waals surface area contributed by atoms with E-state index >= 15 is 0 Å². The molecule has 0 spiro atoms. The van der Waals surface area contributed by atoms with Gasteiger partial charge in [-0.05, 0) is 42.5 Å². The summed E-state index contributed by atoms with van der Waals surface area (Å²) in [7, 11) is 1.58. The number of nitrogens with one attached hydrogen (secondary N) is 1. The maximum atomic E-state index is 12.5. The molecular formula is C21H16BrN3O2. The minimum absolute atomic E-state index is 0.193. The quantitative estimate of drug-likeness (QED) is 0.502. The van der Waals surface area contributed by atoms with Crippen molar-refractivity contribution in [1.82, 2.24) is 9.38 Å². The summed E-state index contributed by atoms with van der Waals surface area (Å²) in [4.78, 5) is 17.1. The summed E-state index contributed by atoms with van der Waals surface area (Å²) in [5, 5.41) is 2.91. The molecule has 0 unspecified atom stereocenters. The minimum atomic E-state index is -0.193. The first-order chi connectivity index (χ1) is 13.1. The van der Waals surface area contributed by atoms with Crippen LogP contribution in [-0.2, 0) is 0 Å². The van der Waals surface area contributed by atoms with Crippen LogP contribution in [0.5, 0.6) is 5.75 Å². The molecule has 1 amide bonds. The highest BCUT2D eigenvalue weighted by Gasteiger charge is 2.09. The van der Waals surface area contributed by atoms with Crippen molar-refractivity contribution in [2.24, 2.45) is 0 Å². The third-order valence-corrected chi connectivity index (χ3v) is 4.71. The molecule has 2 heterocycles. The number of benzene rings is 2. The summed E-state index contributed by atoms with van der Waals surface area (Å²) >= 11 is 3.44. The molecular weight excluding hydrogens is 406 g/mol. The molecule has 27 heavy (non-hydrogen) atoms. The highest BCUT2D eigenvalue weighted by molar-refractivity contribution is 9.10. The van der Waals surface area contributed by atoms with Crippen molar-refractivity contribution in [2.45, 2.75) is 0 Å². The summed E-state index contributed by atoms with van der Waals surface area (Å²) < 4.78 is 8.10. The standard InChI is InChI=1S/C21H16BrN3O2/c1-27-18-4-2-3-15(11-18)21(26)23-17-9-10-20-24-19(13-25(20)12-17)14-5-7-16(22)8-6-14/h2-13H,1H3,(H,23,26). The number of nitrogens with zero attached hydrogens (tertiary/aromatic N) is 2. The summed E-state index contributed by atoms with van der Waals surface area (Å²) in [5.41, 5.74) is 3.95. The van der Waals surface area contributed by atoms with Crippen LogP contribution in [0.15, 0.2) is 77.5 Å². The SMILES string of the molecule is COc1cccc(C(=O)Nc2ccc3nc(-c4ccc(Br)cc4)cn3c2)c1. The van der Waals surface area contributed by atoms with E-state index in [0.717, 1.165) is 21.4 Å². The molecule has 134 valence electrons. The number of aromatic nitrogens is 2. The maximum absolute atomic E-state index is 12.5. The van der Waals surface area contributed by atoms with Crippen LogP contribution in [-0.4, -0.2) is 22.4 Å². The van der Waals surface area contributed by atoms with Crippen LogP contribution in [0.2, 0.25) is 0 Å². The molecule has 0 aliphatic carbocycles. The van der Waals surface area contributed by atoms with Gasteiger partial charge in [0.15, 0.2) is 0 Å². The normalized spacial score (nSPS) is 10.7. The van der Waals surface area contributed by atoms with Crippen molar-refractivity contribution in [3.05, 3.63) is 83.1 Å². The molecule has 4 rings (SSSR count). The molecule has 0 aliphatic heterocycles. The number of carbonyl (C=O) groups is 1. The van der Waals surface area contributed by atoms with E-state index in [1.165, 1.54) is 0 Å². The van der Waals surface area contributed by atoms with Crippen molar-refractivity contribution in [1.29, 1.82) is 0 Å². The Morgan fingerprint density at radius 2 is 1.89 bits per heavy atom. The molecule has 5 nitrogen and oxygen atoms in total. The number of hydrogen-bond acceptors (Lipinski definition) is 3. The predicted molar refractivity (Wildman–Crippen MR) is 109 cm³/mol. The predicted octanol–water partition coefficient (Wildman–Crippen LogP) is 5.02. The van der Waals surface area contributed by atoms with Gasteiger partial charge in [0.2, 0.25) is 0 Å². The summed E-state index contributed by atoms with van der Waals surface area (Å²) in [5.74, 6) is 0.452. The molecule has 2 aromatic carbocycles. The van der Waals surface area contributed by atoms with Crippen molar-refractivity contribution in [2.75, 3.05) is 12.4 Å². The molecule has 0 fully saturated rings. The summed E-state index contributed by atoms with van der Waals surface area (Å²) in [6.07, 6.45) is 3.79. The van der Waals surface area contributed by atoms with E-state index < -0.39 is 0 Å². The number of ether oxygens (including phenoxy) is 1. The van der Waals surface area contributed by atoms with Crippen molar-refractivity contribution in [3.8, 4) is 17.0 Å². The van der Waals surface area contributed by atoms with E-state index in [4.69, 9.17) is 4.74 Å². The fourth-order valence-electron chi connectivity index (χ4n) is 2.79. The number of amides is 1. The van der Waals surface area contributed by atoms with Gasteiger partial charge in [-0.1, -0.05) is 34.1 Å². The van der Waals surface area contributed by atoms with E-state index in [1.54, 1.807) is 31.4 Å². The Morgan fingerprint density at radius 1 is 1.07 bits per heavy atom. The molecule has 0 saturated heterocycles. The lowest BCUT2D eigenvalue weighted by Crippen LogP contribution is -2.12. The molecule has 0 aliphatic rings. The van der Waals surface area contributed by atoms with Crippen molar-refractivity contribution < 1.29 is 9.53 Å². The molecule has 0 atom stereocenters. The number of hydrogen-bond donors (Lipinski definition) is 1. The smallest absolute Gasteiger partial charge is 0.255 e. The fourth-order valence-corrected chi connectivity index (χ4v) is 3.06. The number of fused-ring (bicyclic) bond motifs is 1. The molecule has 4 aromatic rings. The zero-order chi connectivity index (χ0) is 18.8. The fraction of sp³-hybridized carbons (Fsp3) is 0.0476. The van der Waals surface area contributed by atoms with Gasteiger partial charge in [-0.3, -0.25) is 4.79 Å². The summed E-state index contributed by atoms with van der Waals surface area (Å²) in [6, 6.07) is 18.8. The van der Waals surface area contributed by atoms with Gasteiger partial charge in [-0.2, -0.15) is 0 Å². The molecule has 0 radical (unpaired) electrons. The molecule has 0 bridgehead atoms. The number of carbonyl (C=O) groups excluding carboxylic acids is 1. The third-order valence-electron chi connectivity index (χ3n) is 4.18. The Balaban J connectivity index is 1.59. The molecule has 6 heteroatoms. The van der Waals surface area contributed by atoms with E-state index in [9.17, 15) is 4.79 Å². The lowest BCUT2D eigenvalue weighted by Gasteiger charge is -2.07. The second-order valence-corrected chi connectivity index (χ2v) is 6.92. The first-order valence-electron chi connectivity index (χ1n) is 8.32. The van der Waals surface area contributed by atoms with Crippen LogP contribution in [0.1, 0.15) is 10.4 Å². The van der Waals surface area contributed by atoms with Crippen LogP contribution in [0.3, 0.4) is 0 Å². The Kier molecular flexibility index (Phi) is 4.64. The largest absolute Gasteiger partial charge is 0.497 e. The second kappa shape index (κ2) is 7.25. The topological polar surface area (TPSA) is 55.6 Å². The van der Waals surface area contributed by atoms with Gasteiger partial charge < -0.3 is 14.5 Å². The molecule has 2 aromatic heterocycles. The van der Waals surface area contributed by atoms with Crippen LogP contribution in [0.4, 0.5) is 5.69 Å². The highest BCUT2D eigenvalue weighted by atomic mass is 79.9. The number of pyridine rings is 1. The molecule has 0 saturated carbocycles. The Labute approximate surface area is 164 Å². The zero-order valence-electron chi connectivity index (χ0n) is 14.5. The number of rotatable bonds is 4. The number of methoxy groups -OCH3 is 1. The monoisotopic (exact) mass is 421 g/mol. The second-order valence-electron chi connectivity index (χ2n) is 6.00. The number of anilines is 1. The Bertz CT molecular complexity index is 1120. The third kappa shape index (κ3) is 3.71. The average molecular weight is 422 g/mol. The lowest BCUT2D eigenvalue weighted by molar-refractivity contribution is 0.102. The molecule has 1 N–H and O–H groups in total. The van der Waals surface area contributed by atoms with Crippen LogP contribution in [0.25, 0.3) is 16.9 Å². The van der Waals surface area contributed by atoms with Gasteiger partial charge >= 0.3 is 0 Å². The van der Waals surface area contributed by atoms with Gasteiger partial charge in [0, 0.05) is 28.0 Å². The number of imidazole rings is 1. The van der Waals surface area contributed by atoms with E-state index in [1.807, 2.05) is 53.2 Å². The van der Waals surface area contributed by atoms with Crippen LogP contribution >= 0.6 is 15.9 Å². The van der Waals surface area contributed by atoms with Gasteiger partial charge in [0.25, 0.3) is 5.91 Å². The van der Waals surface area contributed by atoms with E-state index in [2.05, 4.69) is 26.2 Å². The van der Waals surface area contributed by atoms with Gasteiger partial charge in [-0.15, -0.1) is 0 Å². The van der Waals surface area contributed by atoms with Gasteiger partial charge in [-0.25, -0.2) is 4.98 Å². The van der Waals surface area contributed by atoms with E-state index in [0.29, 0.717) is 17.0 Å². The minimum Gasteiger partial charge on any atom is -0.497 e. The first kappa shape index (κ1) is 17.3. The number of halogens is 1. The summed E-state index contributed by atoms with van der Waals surface area (Å²) in [6.45, 7) is 0. The van der Waals surface area contributed by atoms with Gasteiger partial charge in [0.1, 0.15) is 11.4 Å². The van der Waals surface area contributed by atoms with Crippen LogP contribution in [0, 0.1) is 0 Å². The van der Waals surface area contributed by atoms with Crippen molar-refractivity contribution in [3.63, 3.8) is 0 Å². The highest BCUT2D eigenvalue weighted by Crippen LogP contribution is 2.23. The maximum Gasteiger partial charge on any atom is 0.255 e. The van der Waals surface area contributed by atoms with Crippen molar-refractivity contribution >= 4 is 33.2 Å². The Morgan fingerprint density at radius 3 is 2.67 bits per heavy atom. The average Bonchev–Trinajstić information content (AvgIpc) is 3.12. The lowest BCUT2D eigenvalue weighted by atomic mass is 10.2. The van der Waals surface area contributed by atoms with Crippen LogP contribution < -0.4 is 10.1 Å².